The first-order chi connectivity index (χ1) is 15.6. The summed E-state index contributed by atoms with van der Waals surface area (Å²) < 4.78 is 2.72. The summed E-state index contributed by atoms with van der Waals surface area (Å²) in [4.78, 5) is 0. The van der Waals surface area contributed by atoms with E-state index in [1.54, 1.807) is 7.11 Å². The van der Waals surface area contributed by atoms with E-state index in [9.17, 15) is 0 Å². The van der Waals surface area contributed by atoms with Gasteiger partial charge in [0.2, 0.25) is 0 Å². The molecule has 0 N–H and O–H groups in total. The van der Waals surface area contributed by atoms with Crippen LogP contribution >= 0.6 is 26.3 Å². The molecule has 4 aromatic carbocycles. The molecule has 0 aliphatic rings. The van der Waals surface area contributed by atoms with Crippen LogP contribution in [0.2, 0.25) is 0 Å². The van der Waals surface area contributed by atoms with Crippen molar-refractivity contribution in [3.63, 3.8) is 0 Å². The van der Waals surface area contributed by atoms with E-state index in [0.29, 0.717) is 0 Å². The second-order valence-corrected chi connectivity index (χ2v) is 19.1. The first kappa shape index (κ1) is 23.0. The molecule has 164 valence electrons. The molecule has 0 unspecified atom stereocenters. The van der Waals surface area contributed by atoms with Crippen LogP contribution in [0.5, 0.6) is 5.75 Å². The minimum atomic E-state index is -2.68. The summed E-state index contributed by atoms with van der Waals surface area (Å²) in [6, 6.07) is 40.0. The molecule has 0 atom stereocenters. The topological polar surface area (TPSA) is 9.23 Å². The van der Waals surface area contributed by atoms with Crippen molar-refractivity contribution in [2.24, 2.45) is 0 Å². The molecule has 0 saturated carbocycles. The molecule has 4 rings (SSSR count). The van der Waals surface area contributed by atoms with Crippen molar-refractivity contribution in [1.82, 2.24) is 0 Å². The second-order valence-electron chi connectivity index (χ2n) is 8.31. The van der Waals surface area contributed by atoms with Crippen LogP contribution in [-0.2, 0) is 6.42 Å². The van der Waals surface area contributed by atoms with Gasteiger partial charge in [-0.2, -0.15) is 0 Å². The quantitative estimate of drug-likeness (QED) is 0.172. The Morgan fingerprint density at radius 1 is 0.688 bits per heavy atom. The number of benzene rings is 4. The van der Waals surface area contributed by atoms with Gasteiger partial charge in [-0.05, 0) is 0 Å². The van der Waals surface area contributed by atoms with Crippen LogP contribution in [0, 0.1) is 6.92 Å². The Bertz CT molecular complexity index is 1060. The van der Waals surface area contributed by atoms with Gasteiger partial charge < -0.3 is 0 Å². The molecule has 0 bridgehead atoms. The Morgan fingerprint density at radius 3 is 1.56 bits per heavy atom. The summed E-state index contributed by atoms with van der Waals surface area (Å²) in [5.74, 6) is 0.928. The van der Waals surface area contributed by atoms with E-state index < -0.39 is 4.25 Å². The second kappa shape index (κ2) is 9.77. The van der Waals surface area contributed by atoms with Crippen LogP contribution in [0.25, 0.3) is 0 Å². The Hall–Kier alpha value is -2.16. The van der Waals surface area contributed by atoms with Gasteiger partial charge in [-0.1, -0.05) is 0 Å². The van der Waals surface area contributed by atoms with Crippen molar-refractivity contribution in [3.05, 3.63) is 120 Å². The van der Waals surface area contributed by atoms with Gasteiger partial charge in [-0.25, -0.2) is 0 Å². The van der Waals surface area contributed by atoms with Gasteiger partial charge >= 0.3 is 206 Å². The summed E-state index contributed by atoms with van der Waals surface area (Å²) >= 11 is 2.88. The molecule has 0 saturated heterocycles. The van der Waals surface area contributed by atoms with Gasteiger partial charge in [0.1, 0.15) is 0 Å². The average molecular weight is 552 g/mol. The third-order valence-electron chi connectivity index (χ3n) is 6.46. The number of halogens is 1. The zero-order valence-electron chi connectivity index (χ0n) is 18.7. The third kappa shape index (κ3) is 4.23. The van der Waals surface area contributed by atoms with Gasteiger partial charge in [0, 0.05) is 0 Å². The van der Waals surface area contributed by atoms with E-state index in [2.05, 4.69) is 138 Å². The zero-order valence-corrected chi connectivity index (χ0v) is 21.8. The number of rotatable bonds is 8. The molecule has 0 amide bonds. The molecular formula is C29H30IOP. The molecule has 32 heavy (non-hydrogen) atoms. The number of aryl methyl sites for hydroxylation is 2. The summed E-state index contributed by atoms with van der Waals surface area (Å²) in [7, 11) is 1.73. The Morgan fingerprint density at radius 2 is 1.16 bits per heavy atom. The fourth-order valence-corrected chi connectivity index (χ4v) is 13.4. The van der Waals surface area contributed by atoms with Crippen molar-refractivity contribution >= 4 is 42.2 Å². The predicted molar refractivity (Wildman–Crippen MR) is 150 cm³/mol. The van der Waals surface area contributed by atoms with Gasteiger partial charge in [0.25, 0.3) is 0 Å². The molecular weight excluding hydrogens is 522 g/mol. The molecule has 0 radical (unpaired) electrons. The number of hydrogen-bond donors (Lipinski definition) is 0. The van der Waals surface area contributed by atoms with Crippen LogP contribution < -0.4 is 20.7 Å². The maximum absolute atomic E-state index is 5.40. The van der Waals surface area contributed by atoms with E-state index in [-0.39, 0.29) is 0 Å². The first-order valence-electron chi connectivity index (χ1n) is 11.1. The molecule has 0 heterocycles. The van der Waals surface area contributed by atoms with Gasteiger partial charge in [0.15, 0.2) is 0 Å². The summed E-state index contributed by atoms with van der Waals surface area (Å²) in [6.07, 6.45) is 3.30. The maximum atomic E-state index is 5.40. The molecule has 0 aliphatic heterocycles. The standard InChI is InChI=1S/C29H30IOP/c1-24-23-26(31-2)21-20-25(24)13-12-22-32(30,27-14-6-3-7-15-27,28-16-8-4-9-17-28)29-18-10-5-11-19-29/h3-11,14-21,23H,12-13,22H2,1-2H3. The molecule has 0 aromatic heterocycles. The van der Waals surface area contributed by atoms with Crippen molar-refractivity contribution in [2.75, 3.05) is 13.3 Å². The zero-order chi connectivity index (χ0) is 22.5. The minimum absolute atomic E-state index is 0.928. The SMILES string of the molecule is COc1ccc(CCCP(I)(c2ccccc2)(c2ccccc2)c2ccccc2)c(C)c1. The Kier molecular flexibility index (Phi) is 7.02. The monoisotopic (exact) mass is 552 g/mol. The van der Waals surface area contributed by atoms with Crippen molar-refractivity contribution in [2.45, 2.75) is 19.8 Å². The summed E-state index contributed by atoms with van der Waals surface area (Å²) in [5.41, 5.74) is 2.71. The predicted octanol–water partition coefficient (Wildman–Crippen LogP) is 6.82. The number of ether oxygens (including phenoxy) is 1. The van der Waals surface area contributed by atoms with Gasteiger partial charge in [-0.15, -0.1) is 0 Å². The fraction of sp³-hybridized carbons (Fsp3) is 0.172. The molecule has 3 heteroatoms. The van der Waals surface area contributed by atoms with E-state index >= 15 is 0 Å². The van der Waals surface area contributed by atoms with Crippen molar-refractivity contribution in [3.8, 4) is 5.75 Å². The van der Waals surface area contributed by atoms with Crippen LogP contribution in [0.4, 0.5) is 0 Å². The summed E-state index contributed by atoms with van der Waals surface area (Å²) in [5, 5.41) is 4.34. The molecule has 1 nitrogen and oxygen atoms in total. The van der Waals surface area contributed by atoms with Crippen molar-refractivity contribution in [1.29, 1.82) is 0 Å². The Labute approximate surface area is 205 Å². The van der Waals surface area contributed by atoms with Gasteiger partial charge in [-0.3, -0.25) is 0 Å². The fourth-order valence-electron chi connectivity index (χ4n) is 4.69. The molecule has 4 aromatic rings. The average Bonchev–Trinajstić information content (AvgIpc) is 2.86. The Balaban J connectivity index is 1.81. The van der Waals surface area contributed by atoms with Crippen LogP contribution in [0.1, 0.15) is 17.5 Å². The van der Waals surface area contributed by atoms with E-state index in [4.69, 9.17) is 4.74 Å². The molecule has 0 aliphatic carbocycles. The third-order valence-corrected chi connectivity index (χ3v) is 18.2. The number of methoxy groups -OCH3 is 1. The van der Waals surface area contributed by atoms with E-state index in [0.717, 1.165) is 24.8 Å². The normalized spacial score (nSPS) is 12.7. The van der Waals surface area contributed by atoms with Crippen molar-refractivity contribution < 1.29 is 4.74 Å². The van der Waals surface area contributed by atoms with Crippen LogP contribution in [0.3, 0.4) is 0 Å². The number of hydrogen-bond acceptors (Lipinski definition) is 1. The van der Waals surface area contributed by atoms with E-state index in [1.165, 1.54) is 27.0 Å². The summed E-state index contributed by atoms with van der Waals surface area (Å²) in [6.45, 7) is 2.19. The first-order valence-corrected chi connectivity index (χ1v) is 16.3. The van der Waals surface area contributed by atoms with Gasteiger partial charge in [0.05, 0.1) is 0 Å². The van der Waals surface area contributed by atoms with Crippen LogP contribution in [0.15, 0.2) is 109 Å². The molecule has 0 spiro atoms. The van der Waals surface area contributed by atoms with Crippen LogP contribution in [-0.4, -0.2) is 13.3 Å². The molecule has 0 fully saturated rings. The van der Waals surface area contributed by atoms with E-state index in [1.807, 2.05) is 0 Å².